The Bertz CT molecular complexity index is 517. The second-order valence-corrected chi connectivity index (χ2v) is 8.30. The number of aliphatic hydroxyl groups excluding tert-OH is 2. The van der Waals surface area contributed by atoms with Crippen LogP contribution in [0, 0.1) is 17.8 Å². The predicted octanol–water partition coefficient (Wildman–Crippen LogP) is 1.78. The number of hydrogen-bond acceptors (Lipinski definition) is 4. The summed E-state index contributed by atoms with van der Waals surface area (Å²) in [4.78, 5) is 13.8. The van der Waals surface area contributed by atoms with E-state index in [0.717, 1.165) is 38.5 Å². The Morgan fingerprint density at radius 3 is 2.54 bits per heavy atom. The highest BCUT2D eigenvalue weighted by molar-refractivity contribution is 5.73. The van der Waals surface area contributed by atoms with E-state index in [9.17, 15) is 20.1 Å². The molecule has 4 rings (SSSR count). The molecule has 0 amide bonds. The molecule has 0 radical (unpaired) electrons. The summed E-state index contributed by atoms with van der Waals surface area (Å²) in [6.45, 7) is 0. The third-order valence-corrected chi connectivity index (χ3v) is 7.09. The molecule has 0 aromatic carbocycles. The van der Waals surface area contributed by atoms with Crippen molar-refractivity contribution < 1.29 is 20.1 Å². The molecule has 5 nitrogen and oxygen atoms in total. The molecule has 5 heteroatoms. The number of piperidine rings is 1. The standard InChI is InChI=1S/C19H29NO4/c21-17(11-3-1-4-11)8-7-13-14-9-12-5-2-6-15(19(23)24)20(12)16(14)10-18(13)22/h7-8,11-18,21-22H,1-6,9-10H2,(H,23,24)/b8-7+/t12?,13-,14-,15?,16-,17+,18-/m1/s1. The van der Waals surface area contributed by atoms with E-state index in [1.807, 2.05) is 12.2 Å². The van der Waals surface area contributed by atoms with Crippen molar-refractivity contribution in [2.75, 3.05) is 0 Å². The molecule has 2 aliphatic carbocycles. The molecule has 0 aromatic rings. The van der Waals surface area contributed by atoms with Crippen LogP contribution in [0.25, 0.3) is 0 Å². The Kier molecular flexibility index (Phi) is 4.43. The Hall–Kier alpha value is -0.910. The molecule has 2 heterocycles. The van der Waals surface area contributed by atoms with Gasteiger partial charge >= 0.3 is 5.97 Å². The van der Waals surface area contributed by atoms with Gasteiger partial charge in [-0.25, -0.2) is 0 Å². The van der Waals surface area contributed by atoms with Crippen LogP contribution >= 0.6 is 0 Å². The van der Waals surface area contributed by atoms with Crippen molar-refractivity contribution in [3.05, 3.63) is 12.2 Å². The monoisotopic (exact) mass is 335 g/mol. The molecule has 2 aliphatic heterocycles. The third kappa shape index (κ3) is 2.71. The zero-order chi connectivity index (χ0) is 16.8. The van der Waals surface area contributed by atoms with Crippen molar-refractivity contribution in [1.29, 1.82) is 0 Å². The molecule has 0 spiro atoms. The molecule has 4 fully saturated rings. The number of carboxylic acids is 1. The van der Waals surface area contributed by atoms with Gasteiger partial charge in [0.25, 0.3) is 0 Å². The van der Waals surface area contributed by atoms with Crippen molar-refractivity contribution in [2.45, 2.75) is 81.7 Å². The number of aliphatic carboxylic acids is 1. The molecular weight excluding hydrogens is 306 g/mol. The average Bonchev–Trinajstić information content (AvgIpc) is 2.98. The number of rotatable bonds is 4. The number of carboxylic acid groups (broad SMARTS) is 1. The highest BCUT2D eigenvalue weighted by Crippen LogP contribution is 2.49. The van der Waals surface area contributed by atoms with Gasteiger partial charge in [0.1, 0.15) is 6.04 Å². The van der Waals surface area contributed by atoms with Gasteiger partial charge in [0.2, 0.25) is 0 Å². The summed E-state index contributed by atoms with van der Waals surface area (Å²) in [6, 6.07) is 0.158. The second kappa shape index (κ2) is 6.43. The summed E-state index contributed by atoms with van der Waals surface area (Å²) >= 11 is 0. The van der Waals surface area contributed by atoms with Crippen LogP contribution in [0.1, 0.15) is 51.4 Å². The minimum Gasteiger partial charge on any atom is -0.480 e. The van der Waals surface area contributed by atoms with Gasteiger partial charge in [-0.1, -0.05) is 18.6 Å². The number of carbonyl (C=O) groups is 1. The molecule has 2 saturated carbocycles. The first-order valence-electron chi connectivity index (χ1n) is 9.61. The van der Waals surface area contributed by atoms with Gasteiger partial charge in [-0.2, -0.15) is 0 Å². The summed E-state index contributed by atoms with van der Waals surface area (Å²) in [7, 11) is 0. The van der Waals surface area contributed by atoms with E-state index in [2.05, 4.69) is 4.90 Å². The summed E-state index contributed by atoms with van der Waals surface area (Å²) in [5.74, 6) is 0.0655. The molecule has 3 N–H and O–H groups in total. The molecule has 2 unspecified atom stereocenters. The van der Waals surface area contributed by atoms with Crippen molar-refractivity contribution in [2.24, 2.45) is 17.8 Å². The van der Waals surface area contributed by atoms with Crippen molar-refractivity contribution >= 4 is 5.97 Å². The van der Waals surface area contributed by atoms with E-state index in [4.69, 9.17) is 0 Å². The lowest BCUT2D eigenvalue weighted by atomic mass is 9.80. The Morgan fingerprint density at radius 1 is 1.12 bits per heavy atom. The van der Waals surface area contributed by atoms with Crippen LogP contribution in [0.5, 0.6) is 0 Å². The van der Waals surface area contributed by atoms with E-state index in [1.54, 1.807) is 0 Å². The maximum atomic E-state index is 11.6. The first-order valence-corrected chi connectivity index (χ1v) is 9.61. The highest BCUT2D eigenvalue weighted by atomic mass is 16.4. The van der Waals surface area contributed by atoms with Crippen molar-refractivity contribution in [3.8, 4) is 0 Å². The van der Waals surface area contributed by atoms with Gasteiger partial charge in [-0.05, 0) is 56.8 Å². The fourth-order valence-electron chi connectivity index (χ4n) is 5.64. The van der Waals surface area contributed by atoms with Crippen LogP contribution < -0.4 is 0 Å². The van der Waals surface area contributed by atoms with E-state index >= 15 is 0 Å². The fraction of sp³-hybridized carbons (Fsp3) is 0.842. The number of nitrogens with zero attached hydrogens (tertiary/aromatic N) is 1. The molecule has 2 saturated heterocycles. The van der Waals surface area contributed by atoms with Crippen LogP contribution in [-0.4, -0.2) is 56.5 Å². The smallest absolute Gasteiger partial charge is 0.320 e. The molecule has 4 aliphatic rings. The maximum absolute atomic E-state index is 11.6. The van der Waals surface area contributed by atoms with E-state index in [1.165, 1.54) is 6.42 Å². The summed E-state index contributed by atoms with van der Waals surface area (Å²) < 4.78 is 0. The highest BCUT2D eigenvalue weighted by Gasteiger charge is 2.55. The molecule has 7 atom stereocenters. The first-order chi connectivity index (χ1) is 11.6. The topological polar surface area (TPSA) is 81.0 Å². The summed E-state index contributed by atoms with van der Waals surface area (Å²) in [6.07, 6.45) is 11.0. The first kappa shape index (κ1) is 16.6. The largest absolute Gasteiger partial charge is 0.480 e. The van der Waals surface area contributed by atoms with Gasteiger partial charge in [0.15, 0.2) is 0 Å². The summed E-state index contributed by atoms with van der Waals surface area (Å²) in [5, 5.41) is 30.3. The third-order valence-electron chi connectivity index (χ3n) is 7.09. The minimum absolute atomic E-state index is 0.0600. The van der Waals surface area contributed by atoms with Crippen LogP contribution in [0.15, 0.2) is 12.2 Å². The van der Waals surface area contributed by atoms with Crippen LogP contribution in [-0.2, 0) is 4.79 Å². The lowest BCUT2D eigenvalue weighted by Crippen LogP contribution is -2.51. The molecule has 134 valence electrons. The Morgan fingerprint density at radius 2 is 1.88 bits per heavy atom. The van der Waals surface area contributed by atoms with Crippen molar-refractivity contribution in [1.82, 2.24) is 4.90 Å². The number of aliphatic hydroxyl groups is 2. The summed E-state index contributed by atoms with van der Waals surface area (Å²) in [5.41, 5.74) is 0. The van der Waals surface area contributed by atoms with E-state index in [-0.39, 0.29) is 24.1 Å². The normalized spacial score (nSPS) is 44.2. The molecular formula is C19H29NO4. The minimum atomic E-state index is -0.714. The average molecular weight is 335 g/mol. The van der Waals surface area contributed by atoms with Crippen molar-refractivity contribution in [3.63, 3.8) is 0 Å². The Labute approximate surface area is 143 Å². The second-order valence-electron chi connectivity index (χ2n) is 8.30. The lowest BCUT2D eigenvalue weighted by Gasteiger charge is -2.38. The predicted molar refractivity (Wildman–Crippen MR) is 89.4 cm³/mol. The van der Waals surface area contributed by atoms with Crippen LogP contribution in [0.4, 0.5) is 0 Å². The fourth-order valence-corrected chi connectivity index (χ4v) is 5.64. The molecule has 0 aromatic heterocycles. The molecule has 24 heavy (non-hydrogen) atoms. The van der Waals surface area contributed by atoms with Gasteiger partial charge in [-0.15, -0.1) is 0 Å². The number of fused-ring (bicyclic) bond motifs is 3. The van der Waals surface area contributed by atoms with Gasteiger partial charge in [-0.3, -0.25) is 9.69 Å². The van der Waals surface area contributed by atoms with Gasteiger partial charge in [0, 0.05) is 18.0 Å². The zero-order valence-electron chi connectivity index (χ0n) is 14.1. The van der Waals surface area contributed by atoms with Crippen LogP contribution in [0.2, 0.25) is 0 Å². The van der Waals surface area contributed by atoms with Gasteiger partial charge < -0.3 is 15.3 Å². The van der Waals surface area contributed by atoms with Crippen LogP contribution in [0.3, 0.4) is 0 Å². The number of hydrogen-bond donors (Lipinski definition) is 3. The molecule has 0 bridgehead atoms. The van der Waals surface area contributed by atoms with E-state index < -0.39 is 12.1 Å². The maximum Gasteiger partial charge on any atom is 0.320 e. The van der Waals surface area contributed by atoms with Gasteiger partial charge in [0.05, 0.1) is 12.2 Å². The lowest BCUT2D eigenvalue weighted by molar-refractivity contribution is -0.146. The zero-order valence-corrected chi connectivity index (χ0v) is 14.1. The SMILES string of the molecule is O=C(O)C1CCCC2C[C@@H]3[C@@H](/C=C/[C@H](O)C4CCC4)[C@H](O)C[C@H]3N21. The van der Waals surface area contributed by atoms with E-state index in [0.29, 0.717) is 24.3 Å². The Balaban J connectivity index is 1.48. The quantitative estimate of drug-likeness (QED) is 0.682.